The number of nitrogens with zero attached hydrogens (tertiary/aromatic N) is 3. The molecular formula is C25H21N5O3S. The number of carbonyl (C=O) groups is 2. The van der Waals surface area contributed by atoms with Gasteiger partial charge in [-0.3, -0.25) is 9.69 Å². The van der Waals surface area contributed by atoms with Gasteiger partial charge in [0.2, 0.25) is 5.13 Å². The summed E-state index contributed by atoms with van der Waals surface area (Å²) in [4.78, 5) is 28.0. The fourth-order valence-electron chi connectivity index (χ4n) is 3.95. The van der Waals surface area contributed by atoms with Crippen LogP contribution in [0.4, 0.5) is 15.6 Å². The summed E-state index contributed by atoms with van der Waals surface area (Å²) in [6.07, 6.45) is 0. The van der Waals surface area contributed by atoms with Crippen molar-refractivity contribution >= 4 is 34.1 Å². The number of rotatable bonds is 7. The van der Waals surface area contributed by atoms with E-state index in [1.807, 2.05) is 84.9 Å². The molecule has 0 aliphatic carbocycles. The topological polar surface area (TPSA) is 96.4 Å². The summed E-state index contributed by atoms with van der Waals surface area (Å²) in [7, 11) is 1.61. The van der Waals surface area contributed by atoms with E-state index in [9.17, 15) is 9.59 Å². The molecule has 0 spiro atoms. The van der Waals surface area contributed by atoms with Crippen molar-refractivity contribution in [3.63, 3.8) is 0 Å². The molecule has 170 valence electrons. The SMILES string of the molecule is COc1ccc(Nc2nnc(CN3C(=O)NC(c4ccccc4)(c4ccccc4)C3=O)s2)cc1. The fourth-order valence-corrected chi connectivity index (χ4v) is 4.70. The summed E-state index contributed by atoms with van der Waals surface area (Å²) >= 11 is 1.28. The van der Waals surface area contributed by atoms with Gasteiger partial charge in [0.1, 0.15) is 10.8 Å². The maximum absolute atomic E-state index is 13.8. The lowest BCUT2D eigenvalue weighted by Crippen LogP contribution is -2.45. The lowest BCUT2D eigenvalue weighted by molar-refractivity contribution is -0.130. The first-order valence-corrected chi connectivity index (χ1v) is 11.4. The Morgan fingerprint density at radius 3 is 2.12 bits per heavy atom. The van der Waals surface area contributed by atoms with Crippen LogP contribution < -0.4 is 15.4 Å². The van der Waals surface area contributed by atoms with Crippen molar-refractivity contribution in [3.05, 3.63) is 101 Å². The van der Waals surface area contributed by atoms with Crippen LogP contribution in [0.5, 0.6) is 5.75 Å². The average molecular weight is 472 g/mol. The number of aromatic nitrogens is 2. The molecule has 1 saturated heterocycles. The van der Waals surface area contributed by atoms with E-state index in [2.05, 4.69) is 20.8 Å². The zero-order chi connectivity index (χ0) is 23.5. The van der Waals surface area contributed by atoms with Crippen molar-refractivity contribution in [1.82, 2.24) is 20.4 Å². The molecule has 5 rings (SSSR count). The second kappa shape index (κ2) is 8.95. The number of imide groups is 1. The predicted octanol–water partition coefficient (Wildman–Crippen LogP) is 4.29. The number of benzene rings is 3. The Morgan fingerprint density at radius 1 is 0.912 bits per heavy atom. The molecule has 3 aromatic carbocycles. The largest absolute Gasteiger partial charge is 0.497 e. The molecular weight excluding hydrogens is 450 g/mol. The number of ether oxygens (including phenoxy) is 1. The summed E-state index contributed by atoms with van der Waals surface area (Å²) in [6, 6.07) is 25.5. The number of hydrogen-bond donors (Lipinski definition) is 2. The molecule has 0 bridgehead atoms. The van der Waals surface area contributed by atoms with Crippen LogP contribution >= 0.6 is 11.3 Å². The normalized spacial score (nSPS) is 14.7. The quantitative estimate of drug-likeness (QED) is 0.391. The van der Waals surface area contributed by atoms with Gasteiger partial charge in [0, 0.05) is 5.69 Å². The van der Waals surface area contributed by atoms with E-state index in [1.165, 1.54) is 16.2 Å². The average Bonchev–Trinajstić information content (AvgIpc) is 3.43. The van der Waals surface area contributed by atoms with Gasteiger partial charge in [-0.1, -0.05) is 72.0 Å². The number of nitrogens with one attached hydrogen (secondary N) is 2. The Hall–Kier alpha value is -4.24. The van der Waals surface area contributed by atoms with E-state index < -0.39 is 11.6 Å². The molecule has 0 atom stereocenters. The van der Waals surface area contributed by atoms with Gasteiger partial charge in [0.05, 0.1) is 13.7 Å². The van der Waals surface area contributed by atoms with Crippen LogP contribution in [-0.2, 0) is 16.9 Å². The van der Waals surface area contributed by atoms with Gasteiger partial charge in [-0.15, -0.1) is 10.2 Å². The lowest BCUT2D eigenvalue weighted by Gasteiger charge is -2.27. The molecule has 8 nitrogen and oxygen atoms in total. The van der Waals surface area contributed by atoms with E-state index in [0.29, 0.717) is 21.3 Å². The highest BCUT2D eigenvalue weighted by Gasteiger charge is 2.53. The van der Waals surface area contributed by atoms with Crippen molar-refractivity contribution in [2.24, 2.45) is 0 Å². The summed E-state index contributed by atoms with van der Waals surface area (Å²) in [6.45, 7) is 0.0219. The minimum Gasteiger partial charge on any atom is -0.497 e. The van der Waals surface area contributed by atoms with Crippen molar-refractivity contribution in [2.75, 3.05) is 12.4 Å². The summed E-state index contributed by atoms with van der Waals surface area (Å²) in [5.41, 5.74) is 0.919. The highest BCUT2D eigenvalue weighted by molar-refractivity contribution is 7.15. The first kappa shape index (κ1) is 21.6. The van der Waals surface area contributed by atoms with Gasteiger partial charge in [-0.05, 0) is 35.4 Å². The Bertz CT molecular complexity index is 1270. The third-order valence-corrected chi connectivity index (χ3v) is 6.44. The second-order valence-electron chi connectivity index (χ2n) is 7.66. The summed E-state index contributed by atoms with van der Waals surface area (Å²) in [5.74, 6) is 0.400. The van der Waals surface area contributed by atoms with Gasteiger partial charge in [-0.25, -0.2) is 4.79 Å². The number of urea groups is 1. The van der Waals surface area contributed by atoms with Crippen LogP contribution in [0.15, 0.2) is 84.9 Å². The smallest absolute Gasteiger partial charge is 0.325 e. The molecule has 0 unspecified atom stereocenters. The van der Waals surface area contributed by atoms with Crippen LogP contribution in [0.1, 0.15) is 16.1 Å². The maximum atomic E-state index is 13.8. The number of methoxy groups -OCH3 is 1. The summed E-state index contributed by atoms with van der Waals surface area (Å²) in [5, 5.41) is 15.6. The van der Waals surface area contributed by atoms with E-state index >= 15 is 0 Å². The van der Waals surface area contributed by atoms with Crippen LogP contribution in [0.25, 0.3) is 0 Å². The fraction of sp³-hybridized carbons (Fsp3) is 0.120. The van der Waals surface area contributed by atoms with Crippen LogP contribution in [0.2, 0.25) is 0 Å². The number of amides is 3. The Labute approximate surface area is 200 Å². The number of carbonyl (C=O) groups excluding carboxylic acids is 2. The molecule has 1 aliphatic heterocycles. The molecule has 1 aromatic heterocycles. The maximum Gasteiger partial charge on any atom is 0.325 e. The lowest BCUT2D eigenvalue weighted by atomic mass is 9.82. The van der Waals surface area contributed by atoms with Gasteiger partial charge >= 0.3 is 6.03 Å². The highest BCUT2D eigenvalue weighted by Crippen LogP contribution is 2.37. The molecule has 2 heterocycles. The third kappa shape index (κ3) is 3.86. The first-order chi connectivity index (χ1) is 16.6. The molecule has 1 fully saturated rings. The van der Waals surface area contributed by atoms with E-state index in [0.717, 1.165) is 11.4 Å². The molecule has 0 saturated carbocycles. The molecule has 1 aliphatic rings. The van der Waals surface area contributed by atoms with Gasteiger partial charge in [-0.2, -0.15) is 0 Å². The predicted molar refractivity (Wildman–Crippen MR) is 129 cm³/mol. The molecule has 9 heteroatoms. The van der Waals surface area contributed by atoms with Crippen molar-refractivity contribution in [2.45, 2.75) is 12.1 Å². The Kier molecular flexibility index (Phi) is 5.69. The minimum atomic E-state index is -1.30. The second-order valence-corrected chi connectivity index (χ2v) is 8.72. The zero-order valence-electron chi connectivity index (χ0n) is 18.3. The van der Waals surface area contributed by atoms with Crippen LogP contribution in [0.3, 0.4) is 0 Å². The monoisotopic (exact) mass is 471 g/mol. The van der Waals surface area contributed by atoms with Gasteiger partial charge < -0.3 is 15.4 Å². The minimum absolute atomic E-state index is 0.0219. The van der Waals surface area contributed by atoms with E-state index in [-0.39, 0.29) is 12.5 Å². The van der Waals surface area contributed by atoms with Gasteiger partial charge in [0.15, 0.2) is 5.54 Å². The summed E-state index contributed by atoms with van der Waals surface area (Å²) < 4.78 is 5.17. The highest BCUT2D eigenvalue weighted by atomic mass is 32.1. The number of anilines is 2. The standard InChI is InChI=1S/C25H21N5O3S/c1-33-20-14-12-19(13-15-20)26-23-29-28-21(34-23)16-30-22(31)25(27-24(30)32,17-8-4-2-5-9-17)18-10-6-3-7-11-18/h2-15H,16H2,1H3,(H,26,29)(H,27,32). The van der Waals surface area contributed by atoms with Gasteiger partial charge in [0.25, 0.3) is 5.91 Å². The van der Waals surface area contributed by atoms with Crippen molar-refractivity contribution in [3.8, 4) is 5.75 Å². The molecule has 4 aromatic rings. The first-order valence-electron chi connectivity index (χ1n) is 10.6. The molecule has 3 amide bonds. The van der Waals surface area contributed by atoms with E-state index in [1.54, 1.807) is 7.11 Å². The Balaban J connectivity index is 1.40. The third-order valence-electron chi connectivity index (χ3n) is 5.62. The number of hydrogen-bond acceptors (Lipinski definition) is 7. The van der Waals surface area contributed by atoms with Crippen LogP contribution in [-0.4, -0.2) is 34.1 Å². The molecule has 34 heavy (non-hydrogen) atoms. The van der Waals surface area contributed by atoms with E-state index in [4.69, 9.17) is 4.74 Å². The molecule has 2 N–H and O–H groups in total. The Morgan fingerprint density at radius 2 is 1.53 bits per heavy atom. The van der Waals surface area contributed by atoms with Crippen LogP contribution in [0, 0.1) is 0 Å². The molecule has 0 radical (unpaired) electrons. The van der Waals surface area contributed by atoms with Crippen molar-refractivity contribution < 1.29 is 14.3 Å². The van der Waals surface area contributed by atoms with Crippen molar-refractivity contribution in [1.29, 1.82) is 0 Å². The zero-order valence-corrected chi connectivity index (χ0v) is 19.1.